The van der Waals surface area contributed by atoms with E-state index in [-0.39, 0.29) is 0 Å². The third-order valence-electron chi connectivity index (χ3n) is 2.66. The zero-order valence-corrected chi connectivity index (χ0v) is 9.44. The van der Waals surface area contributed by atoms with Gasteiger partial charge in [-0.3, -0.25) is 0 Å². The molecule has 0 spiro atoms. The van der Waals surface area contributed by atoms with Crippen LogP contribution < -0.4 is 5.43 Å². The first-order valence-electron chi connectivity index (χ1n) is 5.23. The smallest absolute Gasteiger partial charge is 0.0798 e. The molecule has 2 heterocycles. The summed E-state index contributed by atoms with van der Waals surface area (Å²) < 4.78 is 0. The van der Waals surface area contributed by atoms with Gasteiger partial charge in [-0.15, -0.1) is 11.3 Å². The van der Waals surface area contributed by atoms with E-state index in [2.05, 4.69) is 22.3 Å². The lowest BCUT2D eigenvalue weighted by molar-refractivity contribution is 0.151. The van der Waals surface area contributed by atoms with Crippen LogP contribution in [0.5, 0.6) is 0 Å². The molecule has 0 atom stereocenters. The molecule has 1 fully saturated rings. The zero-order valence-electron chi connectivity index (χ0n) is 8.62. The first kappa shape index (κ1) is 10.1. The fourth-order valence-corrected chi connectivity index (χ4v) is 2.44. The second-order valence-electron chi connectivity index (χ2n) is 3.74. The van der Waals surface area contributed by atoms with Crippen LogP contribution in [0.25, 0.3) is 0 Å². The molecule has 4 heteroatoms. The van der Waals surface area contributed by atoms with Crippen LogP contribution in [0.15, 0.2) is 5.51 Å². The number of aromatic nitrogens is 1. The molecule has 0 radical (unpaired) electrons. The van der Waals surface area contributed by atoms with Crippen molar-refractivity contribution < 1.29 is 0 Å². The molecule has 1 aromatic heterocycles. The summed E-state index contributed by atoms with van der Waals surface area (Å²) in [5.74, 6) is 0. The molecule has 0 bridgehead atoms. The maximum atomic E-state index is 4.24. The predicted octanol–water partition coefficient (Wildman–Crippen LogP) is 1.94. The van der Waals surface area contributed by atoms with Gasteiger partial charge in [0.1, 0.15) is 0 Å². The quantitative estimate of drug-likeness (QED) is 0.828. The van der Waals surface area contributed by atoms with Crippen molar-refractivity contribution in [3.8, 4) is 0 Å². The number of hydrazine groups is 1. The van der Waals surface area contributed by atoms with Crippen molar-refractivity contribution in [1.82, 2.24) is 15.4 Å². The first-order valence-corrected chi connectivity index (χ1v) is 6.11. The Morgan fingerprint density at radius 3 is 2.86 bits per heavy atom. The van der Waals surface area contributed by atoms with Crippen LogP contribution in [0.1, 0.15) is 29.8 Å². The molecule has 0 unspecified atom stereocenters. The summed E-state index contributed by atoms with van der Waals surface area (Å²) in [6, 6.07) is 0. The number of nitrogens with one attached hydrogen (secondary N) is 1. The van der Waals surface area contributed by atoms with Crippen LogP contribution in [0, 0.1) is 6.92 Å². The average molecular weight is 211 g/mol. The molecule has 1 aliphatic heterocycles. The van der Waals surface area contributed by atoms with Crippen LogP contribution >= 0.6 is 11.3 Å². The Kier molecular flexibility index (Phi) is 3.50. The summed E-state index contributed by atoms with van der Waals surface area (Å²) >= 11 is 1.74. The number of hydrogen-bond donors (Lipinski definition) is 1. The van der Waals surface area contributed by atoms with Crippen LogP contribution in [-0.4, -0.2) is 23.1 Å². The minimum atomic E-state index is 0.941. The van der Waals surface area contributed by atoms with Gasteiger partial charge in [0.15, 0.2) is 0 Å². The van der Waals surface area contributed by atoms with E-state index < -0.39 is 0 Å². The monoisotopic (exact) mass is 211 g/mol. The van der Waals surface area contributed by atoms with E-state index in [1.807, 2.05) is 5.51 Å². The van der Waals surface area contributed by atoms with Crippen molar-refractivity contribution in [2.45, 2.75) is 32.7 Å². The summed E-state index contributed by atoms with van der Waals surface area (Å²) in [4.78, 5) is 5.60. The lowest BCUT2D eigenvalue weighted by Gasteiger charge is -2.26. The van der Waals surface area contributed by atoms with E-state index in [4.69, 9.17) is 0 Å². The van der Waals surface area contributed by atoms with Crippen molar-refractivity contribution in [3.63, 3.8) is 0 Å². The van der Waals surface area contributed by atoms with E-state index in [0.29, 0.717) is 0 Å². The van der Waals surface area contributed by atoms with Gasteiger partial charge in [0, 0.05) is 24.5 Å². The second-order valence-corrected chi connectivity index (χ2v) is 4.68. The van der Waals surface area contributed by atoms with E-state index >= 15 is 0 Å². The number of thiazole rings is 1. The van der Waals surface area contributed by atoms with Crippen LogP contribution in [0.2, 0.25) is 0 Å². The highest BCUT2D eigenvalue weighted by molar-refractivity contribution is 7.09. The Balaban J connectivity index is 1.79. The maximum absolute atomic E-state index is 4.24. The molecule has 3 nitrogen and oxygen atoms in total. The normalized spacial score (nSPS) is 18.6. The fraction of sp³-hybridized carbons (Fsp3) is 0.700. The van der Waals surface area contributed by atoms with Crippen molar-refractivity contribution in [2.75, 3.05) is 13.1 Å². The lowest BCUT2D eigenvalue weighted by atomic mass is 10.2. The van der Waals surface area contributed by atoms with Gasteiger partial charge in [-0.05, 0) is 19.8 Å². The second kappa shape index (κ2) is 4.87. The molecule has 1 saturated heterocycles. The van der Waals surface area contributed by atoms with Gasteiger partial charge in [-0.1, -0.05) is 6.42 Å². The third kappa shape index (κ3) is 2.53. The van der Waals surface area contributed by atoms with Gasteiger partial charge in [0.05, 0.1) is 11.2 Å². The van der Waals surface area contributed by atoms with Gasteiger partial charge >= 0.3 is 0 Å². The Morgan fingerprint density at radius 1 is 1.43 bits per heavy atom. The number of piperidine rings is 1. The highest BCUT2D eigenvalue weighted by atomic mass is 32.1. The van der Waals surface area contributed by atoms with Crippen molar-refractivity contribution in [1.29, 1.82) is 0 Å². The van der Waals surface area contributed by atoms with Gasteiger partial charge in [-0.2, -0.15) is 0 Å². The van der Waals surface area contributed by atoms with Gasteiger partial charge < -0.3 is 0 Å². The predicted molar refractivity (Wildman–Crippen MR) is 59.1 cm³/mol. The summed E-state index contributed by atoms with van der Waals surface area (Å²) in [6.45, 7) is 5.40. The molecule has 0 amide bonds. The largest absolute Gasteiger partial charge is 0.250 e. The van der Waals surface area contributed by atoms with Gasteiger partial charge in [0.25, 0.3) is 0 Å². The van der Waals surface area contributed by atoms with E-state index in [0.717, 1.165) is 6.54 Å². The zero-order chi connectivity index (χ0) is 9.80. The number of hydrogen-bond acceptors (Lipinski definition) is 4. The molecule has 0 aliphatic carbocycles. The van der Waals surface area contributed by atoms with Crippen molar-refractivity contribution >= 4 is 11.3 Å². The Morgan fingerprint density at radius 2 is 2.21 bits per heavy atom. The molecule has 14 heavy (non-hydrogen) atoms. The fourth-order valence-electron chi connectivity index (χ4n) is 1.73. The summed E-state index contributed by atoms with van der Waals surface area (Å²) in [5.41, 5.74) is 6.55. The topological polar surface area (TPSA) is 28.2 Å². The highest BCUT2D eigenvalue weighted by Crippen LogP contribution is 2.12. The van der Waals surface area contributed by atoms with E-state index in [1.54, 1.807) is 11.3 Å². The molecule has 1 aromatic rings. The average Bonchev–Trinajstić information content (AvgIpc) is 2.63. The SMILES string of the molecule is Cc1ncsc1CNN1CCCCC1. The molecular weight excluding hydrogens is 194 g/mol. The molecule has 1 N–H and O–H groups in total. The highest BCUT2D eigenvalue weighted by Gasteiger charge is 2.10. The van der Waals surface area contributed by atoms with Crippen LogP contribution in [-0.2, 0) is 6.54 Å². The minimum Gasteiger partial charge on any atom is -0.250 e. The molecule has 78 valence electrons. The standard InChI is InChI=1S/C10H17N3S/c1-9-10(14-8-11-9)7-12-13-5-3-2-4-6-13/h8,12H,2-7H2,1H3. The Bertz CT molecular complexity index is 279. The number of nitrogens with zero attached hydrogens (tertiary/aromatic N) is 2. The summed E-state index contributed by atoms with van der Waals surface area (Å²) in [6.07, 6.45) is 4.04. The lowest BCUT2D eigenvalue weighted by Crippen LogP contribution is -2.41. The molecule has 0 aromatic carbocycles. The number of aryl methyl sites for hydroxylation is 1. The van der Waals surface area contributed by atoms with E-state index in [1.165, 1.54) is 42.9 Å². The maximum Gasteiger partial charge on any atom is 0.0798 e. The van der Waals surface area contributed by atoms with Crippen molar-refractivity contribution in [2.24, 2.45) is 0 Å². The molecular formula is C10H17N3S. The Hall–Kier alpha value is -0.450. The summed E-state index contributed by atoms with van der Waals surface area (Å²) in [7, 11) is 0. The van der Waals surface area contributed by atoms with Gasteiger partial charge in [-0.25, -0.2) is 15.4 Å². The minimum absolute atomic E-state index is 0.941. The first-order chi connectivity index (χ1) is 6.86. The van der Waals surface area contributed by atoms with E-state index in [9.17, 15) is 0 Å². The molecule has 1 aliphatic rings. The Labute approximate surface area is 89.1 Å². The van der Waals surface area contributed by atoms with Gasteiger partial charge in [0.2, 0.25) is 0 Å². The summed E-state index contributed by atoms with van der Waals surface area (Å²) in [5, 5.41) is 2.34. The number of rotatable bonds is 3. The third-order valence-corrected chi connectivity index (χ3v) is 3.60. The van der Waals surface area contributed by atoms with Crippen LogP contribution in [0.4, 0.5) is 0 Å². The van der Waals surface area contributed by atoms with Crippen LogP contribution in [0.3, 0.4) is 0 Å². The molecule has 2 rings (SSSR count). The van der Waals surface area contributed by atoms with Crippen molar-refractivity contribution in [3.05, 3.63) is 16.1 Å². The molecule has 0 saturated carbocycles.